The fourth-order valence-corrected chi connectivity index (χ4v) is 3.41. The van der Waals surface area contributed by atoms with Crippen LogP contribution >= 0.6 is 0 Å². The van der Waals surface area contributed by atoms with Crippen LogP contribution in [-0.4, -0.2) is 28.2 Å². The minimum atomic E-state index is -3.36. The summed E-state index contributed by atoms with van der Waals surface area (Å²) in [6.07, 6.45) is 3.62. The van der Waals surface area contributed by atoms with Gasteiger partial charge in [0.05, 0.1) is 18.1 Å². The number of benzene rings is 2. The summed E-state index contributed by atoms with van der Waals surface area (Å²) in [6, 6.07) is 17.0. The van der Waals surface area contributed by atoms with Crippen LogP contribution in [0, 0.1) is 6.92 Å². The molecule has 142 valence electrons. The van der Waals surface area contributed by atoms with Gasteiger partial charge in [-0.3, -0.25) is 0 Å². The standard InChI is InChI=1S/C12H12O.C10H13NO2S/c1-10-7-12(9-13-8-10)11-5-3-2-4-6-11;1-3-8-11-14(12,13)10-6-4-9(2)5-7-10/h2-7H,1,8-9H2;3-7,11H,1,8H2,2H3. The highest BCUT2D eigenvalue weighted by atomic mass is 32.2. The van der Waals surface area contributed by atoms with E-state index in [1.54, 1.807) is 24.3 Å². The van der Waals surface area contributed by atoms with Crippen molar-refractivity contribution < 1.29 is 13.2 Å². The Morgan fingerprint density at radius 2 is 1.74 bits per heavy atom. The molecule has 0 amide bonds. The maximum absolute atomic E-state index is 11.5. The molecule has 0 bridgehead atoms. The van der Waals surface area contributed by atoms with Gasteiger partial charge in [0, 0.05) is 6.54 Å². The molecule has 1 aliphatic rings. The molecule has 3 rings (SSSR count). The van der Waals surface area contributed by atoms with E-state index < -0.39 is 10.0 Å². The predicted molar refractivity (Wildman–Crippen MR) is 111 cm³/mol. The van der Waals surface area contributed by atoms with Crippen LogP contribution in [-0.2, 0) is 14.8 Å². The summed E-state index contributed by atoms with van der Waals surface area (Å²) in [5.41, 5.74) is 4.53. The lowest BCUT2D eigenvalue weighted by atomic mass is 10.0. The van der Waals surface area contributed by atoms with Crippen molar-refractivity contribution >= 4 is 15.6 Å². The molecular weight excluding hydrogens is 358 g/mol. The lowest BCUT2D eigenvalue weighted by Crippen LogP contribution is -2.23. The minimum Gasteiger partial charge on any atom is -0.372 e. The quantitative estimate of drug-likeness (QED) is 0.791. The zero-order valence-electron chi connectivity index (χ0n) is 15.5. The van der Waals surface area contributed by atoms with Crippen LogP contribution in [0.4, 0.5) is 0 Å². The van der Waals surface area contributed by atoms with Gasteiger partial charge >= 0.3 is 0 Å². The van der Waals surface area contributed by atoms with Crippen molar-refractivity contribution in [1.82, 2.24) is 4.72 Å². The normalized spacial score (nSPS) is 14.0. The van der Waals surface area contributed by atoms with Crippen molar-refractivity contribution in [3.8, 4) is 0 Å². The average molecular weight is 384 g/mol. The van der Waals surface area contributed by atoms with Crippen molar-refractivity contribution in [1.29, 1.82) is 0 Å². The van der Waals surface area contributed by atoms with Gasteiger partial charge in [0.1, 0.15) is 0 Å². The molecule has 0 spiro atoms. The molecule has 5 heteroatoms. The van der Waals surface area contributed by atoms with Crippen LogP contribution in [0.15, 0.2) is 90.4 Å². The number of sulfonamides is 1. The second-order valence-corrected chi connectivity index (χ2v) is 7.91. The van der Waals surface area contributed by atoms with E-state index in [4.69, 9.17) is 4.74 Å². The number of nitrogens with one attached hydrogen (secondary N) is 1. The van der Waals surface area contributed by atoms with Gasteiger partial charge in [-0.15, -0.1) is 6.58 Å². The first-order valence-corrected chi connectivity index (χ1v) is 10.1. The highest BCUT2D eigenvalue weighted by Gasteiger charge is 2.11. The van der Waals surface area contributed by atoms with Gasteiger partial charge in [0.25, 0.3) is 0 Å². The van der Waals surface area contributed by atoms with Gasteiger partial charge in [0.15, 0.2) is 0 Å². The zero-order valence-corrected chi connectivity index (χ0v) is 16.3. The Bertz CT molecular complexity index is 898. The minimum absolute atomic E-state index is 0.246. The Labute approximate surface area is 161 Å². The maximum atomic E-state index is 11.5. The average Bonchev–Trinajstić information content (AvgIpc) is 2.68. The van der Waals surface area contributed by atoms with Gasteiger partial charge in [-0.25, -0.2) is 13.1 Å². The van der Waals surface area contributed by atoms with Crippen LogP contribution in [0.1, 0.15) is 11.1 Å². The van der Waals surface area contributed by atoms with Crippen molar-refractivity contribution in [3.05, 3.63) is 96.6 Å². The zero-order chi connectivity index (χ0) is 19.7. The Kier molecular flexibility index (Phi) is 7.73. The summed E-state index contributed by atoms with van der Waals surface area (Å²) in [6.45, 7) is 10.9. The molecule has 4 nitrogen and oxygen atoms in total. The molecule has 0 fully saturated rings. The number of ether oxygens (including phenoxy) is 1. The first-order valence-electron chi connectivity index (χ1n) is 8.61. The monoisotopic (exact) mass is 383 g/mol. The summed E-state index contributed by atoms with van der Waals surface area (Å²) in [7, 11) is -3.36. The van der Waals surface area contributed by atoms with E-state index in [2.05, 4.69) is 36.1 Å². The van der Waals surface area contributed by atoms with E-state index >= 15 is 0 Å². The number of hydrogen-bond acceptors (Lipinski definition) is 3. The third-order valence-electron chi connectivity index (χ3n) is 3.82. The molecule has 2 aromatic rings. The SMILES string of the molecule is C=C1C=C(c2ccccc2)COC1.C=CCNS(=O)(=O)c1ccc(C)cc1. The number of rotatable bonds is 5. The van der Waals surface area contributed by atoms with Crippen molar-refractivity contribution in [2.24, 2.45) is 0 Å². The van der Waals surface area contributed by atoms with Crippen molar-refractivity contribution in [3.63, 3.8) is 0 Å². The molecule has 1 aliphatic heterocycles. The molecular formula is C22H25NO3S. The second-order valence-electron chi connectivity index (χ2n) is 6.14. The number of hydrogen-bond donors (Lipinski definition) is 1. The molecule has 1 N–H and O–H groups in total. The predicted octanol–water partition coefficient (Wildman–Crippen LogP) is 4.12. The van der Waals surface area contributed by atoms with Crippen molar-refractivity contribution in [2.75, 3.05) is 19.8 Å². The Morgan fingerprint density at radius 1 is 1.07 bits per heavy atom. The molecule has 0 aliphatic carbocycles. The lowest BCUT2D eigenvalue weighted by molar-refractivity contribution is 0.189. The van der Waals surface area contributed by atoms with E-state index in [1.165, 1.54) is 17.2 Å². The molecule has 0 saturated carbocycles. The highest BCUT2D eigenvalue weighted by molar-refractivity contribution is 7.89. The molecule has 27 heavy (non-hydrogen) atoms. The van der Waals surface area contributed by atoms with Gasteiger partial charge in [-0.2, -0.15) is 0 Å². The molecule has 0 unspecified atom stereocenters. The molecule has 0 radical (unpaired) electrons. The molecule has 0 aromatic heterocycles. The number of aryl methyl sites for hydroxylation is 1. The Hall–Kier alpha value is -2.47. The molecule has 0 atom stereocenters. The summed E-state index contributed by atoms with van der Waals surface area (Å²) in [5.74, 6) is 0. The van der Waals surface area contributed by atoms with Gasteiger partial charge in [-0.05, 0) is 35.8 Å². The van der Waals surface area contributed by atoms with Crippen LogP contribution in [0.2, 0.25) is 0 Å². The van der Waals surface area contributed by atoms with E-state index in [1.807, 2.05) is 25.1 Å². The third-order valence-corrected chi connectivity index (χ3v) is 5.26. The van der Waals surface area contributed by atoms with Crippen LogP contribution in [0.25, 0.3) is 5.57 Å². The summed E-state index contributed by atoms with van der Waals surface area (Å²) < 4.78 is 30.9. The smallest absolute Gasteiger partial charge is 0.240 e. The molecule has 1 heterocycles. The maximum Gasteiger partial charge on any atom is 0.240 e. The largest absolute Gasteiger partial charge is 0.372 e. The van der Waals surface area contributed by atoms with Gasteiger partial charge < -0.3 is 4.74 Å². The van der Waals surface area contributed by atoms with E-state index in [9.17, 15) is 8.42 Å². The first-order chi connectivity index (χ1) is 12.9. The third kappa shape index (κ3) is 6.64. The van der Waals surface area contributed by atoms with Gasteiger partial charge in [0.2, 0.25) is 10.0 Å². The Morgan fingerprint density at radius 3 is 2.33 bits per heavy atom. The second kappa shape index (κ2) is 10.0. The Balaban J connectivity index is 0.000000194. The van der Waals surface area contributed by atoms with Gasteiger partial charge in [-0.1, -0.05) is 66.8 Å². The van der Waals surface area contributed by atoms with Crippen LogP contribution in [0.3, 0.4) is 0 Å². The van der Waals surface area contributed by atoms with Crippen molar-refractivity contribution in [2.45, 2.75) is 11.8 Å². The topological polar surface area (TPSA) is 55.4 Å². The van der Waals surface area contributed by atoms with E-state index in [-0.39, 0.29) is 11.4 Å². The summed E-state index contributed by atoms with van der Waals surface area (Å²) in [4.78, 5) is 0.282. The van der Waals surface area contributed by atoms with E-state index in [0.29, 0.717) is 13.2 Å². The fraction of sp³-hybridized carbons (Fsp3) is 0.182. The van der Waals surface area contributed by atoms with Crippen LogP contribution < -0.4 is 4.72 Å². The van der Waals surface area contributed by atoms with Crippen LogP contribution in [0.5, 0.6) is 0 Å². The first kappa shape index (κ1) is 20.8. The highest BCUT2D eigenvalue weighted by Crippen LogP contribution is 2.20. The molecule has 0 saturated heterocycles. The lowest BCUT2D eigenvalue weighted by Gasteiger charge is -2.15. The summed E-state index contributed by atoms with van der Waals surface area (Å²) in [5, 5.41) is 0. The summed E-state index contributed by atoms with van der Waals surface area (Å²) >= 11 is 0. The molecule has 2 aromatic carbocycles. The van der Waals surface area contributed by atoms with E-state index in [0.717, 1.165) is 11.1 Å². The fourth-order valence-electron chi connectivity index (χ4n) is 2.41.